The van der Waals surface area contributed by atoms with Gasteiger partial charge in [-0.2, -0.15) is 0 Å². The molecule has 0 saturated carbocycles. The number of amides is 5. The number of methoxy groups -OCH3 is 1. The average molecular weight is 781 g/mol. The van der Waals surface area contributed by atoms with Crippen molar-refractivity contribution in [2.75, 3.05) is 24.3 Å². The number of aryl methyl sites for hydroxylation is 1. The minimum atomic E-state index is -2.35. The van der Waals surface area contributed by atoms with Gasteiger partial charge in [0.05, 0.1) is 7.11 Å². The van der Waals surface area contributed by atoms with Crippen molar-refractivity contribution in [2.45, 2.75) is 65.9 Å². The van der Waals surface area contributed by atoms with Gasteiger partial charge in [-0.1, -0.05) is 30.3 Å². The van der Waals surface area contributed by atoms with E-state index in [-0.39, 0.29) is 19.3 Å². The number of carbonyl (C=O) groups is 5. The number of ether oxygens (including phenoxy) is 1. The molecule has 0 fully saturated rings. The number of nitrogens with one attached hydrogen (secondary N) is 5. The van der Waals surface area contributed by atoms with Gasteiger partial charge in [-0.15, -0.1) is 0 Å². The van der Waals surface area contributed by atoms with E-state index in [0.717, 1.165) is 5.56 Å². The summed E-state index contributed by atoms with van der Waals surface area (Å²) >= 11 is -2.35. The molecule has 0 spiro atoms. The van der Waals surface area contributed by atoms with E-state index in [1.165, 1.54) is 10.7 Å². The number of alkyl carbamates (subject to hydrolysis) is 1. The summed E-state index contributed by atoms with van der Waals surface area (Å²) in [5.74, 6) is -1.97. The van der Waals surface area contributed by atoms with Crippen LogP contribution >= 0.6 is 0 Å². The van der Waals surface area contributed by atoms with Crippen molar-refractivity contribution in [3.8, 4) is 0 Å². The molecule has 12 nitrogen and oxygen atoms in total. The van der Waals surface area contributed by atoms with E-state index in [2.05, 4.69) is 46.1 Å². The number of carbonyl (C=O) groups excluding carboxylic acids is 4. The number of rotatable bonds is 16. The number of benzene rings is 3. The fraction of sp³-hybridized carbons (Fsp3) is 0.361. The molecule has 0 heterocycles. The Morgan fingerprint density at radius 3 is 2.12 bits per heavy atom. The molecular formula is C36H47N5O7Sn. The van der Waals surface area contributed by atoms with Crippen LogP contribution < -0.4 is 30.2 Å². The molecule has 3 aromatic carbocycles. The van der Waals surface area contributed by atoms with Crippen molar-refractivity contribution in [2.24, 2.45) is 0 Å². The fourth-order valence-electron chi connectivity index (χ4n) is 5.05. The van der Waals surface area contributed by atoms with Crippen LogP contribution in [0.15, 0.2) is 72.8 Å². The Kier molecular flexibility index (Phi) is 14.9. The Bertz CT molecular complexity index is 1590. The molecule has 262 valence electrons. The van der Waals surface area contributed by atoms with Crippen LogP contribution in [0.1, 0.15) is 48.4 Å². The fourth-order valence-corrected chi connectivity index (χ4v) is 8.38. The molecule has 0 radical (unpaired) electrons. The second-order valence-corrected chi connectivity index (χ2v) is 27.3. The second kappa shape index (κ2) is 18.8. The van der Waals surface area contributed by atoms with Gasteiger partial charge in [0.25, 0.3) is 0 Å². The van der Waals surface area contributed by atoms with E-state index in [1.54, 1.807) is 24.3 Å². The Labute approximate surface area is 291 Å². The van der Waals surface area contributed by atoms with Crippen molar-refractivity contribution >= 4 is 63.2 Å². The maximum atomic E-state index is 13.6. The SMILES string of the molecule is COC(=O)NCCCC[C@H](NC(=O)Cc1ccc(NC(=O)Nc2ccccc2C)cc1)C(=O)N[C@@H](CC(=O)O)c1cc[c]([Sn]([CH3])([CH3])[CH3])cc1. The van der Waals surface area contributed by atoms with Crippen LogP contribution in [0.3, 0.4) is 0 Å². The standard InChI is InChI=1S/C33H38N5O7.3CH3.Sn/c1-22-10-6-7-13-26(22)38-32(43)35-25-17-15-23(16-18-25)20-29(39)36-27(14-8-9-19-34-33(44)45-2)31(42)37-28(21-30(40)41)24-11-4-3-5-12-24;;;;/h4-7,10-13,15-18,27-28H,8-9,14,19-21H2,1-2H3,(H,34,44)(H,36,39)(H,37,42)(H,40,41)(H2,35,38,43);3*1H3;/t27-,28-;;;;/m0..../s1. The second-order valence-electron chi connectivity index (χ2n) is 12.8. The Morgan fingerprint density at radius 2 is 1.51 bits per heavy atom. The zero-order valence-electron chi connectivity index (χ0n) is 28.7. The minimum absolute atomic E-state index is 0.0257. The molecule has 0 aliphatic rings. The van der Waals surface area contributed by atoms with Crippen molar-refractivity contribution in [3.05, 3.63) is 89.5 Å². The molecule has 3 aromatic rings. The Morgan fingerprint density at radius 1 is 0.837 bits per heavy atom. The van der Waals surface area contributed by atoms with Crippen molar-refractivity contribution in [1.82, 2.24) is 16.0 Å². The van der Waals surface area contributed by atoms with Crippen molar-refractivity contribution < 1.29 is 33.8 Å². The molecule has 0 aromatic heterocycles. The van der Waals surface area contributed by atoms with Crippen LogP contribution in [-0.2, 0) is 25.5 Å². The molecule has 5 amide bonds. The van der Waals surface area contributed by atoms with Gasteiger partial charge < -0.3 is 20.7 Å². The van der Waals surface area contributed by atoms with Crippen LogP contribution in [0.5, 0.6) is 0 Å². The zero-order chi connectivity index (χ0) is 36.0. The molecular weight excluding hydrogens is 733 g/mol. The predicted molar refractivity (Wildman–Crippen MR) is 193 cm³/mol. The Balaban J connectivity index is 1.67. The summed E-state index contributed by atoms with van der Waals surface area (Å²) < 4.78 is 5.86. The van der Waals surface area contributed by atoms with E-state index >= 15 is 0 Å². The van der Waals surface area contributed by atoms with Crippen LogP contribution in [0.25, 0.3) is 0 Å². The number of anilines is 2. The summed E-state index contributed by atoms with van der Waals surface area (Å²) in [4.78, 5) is 69.2. The van der Waals surface area contributed by atoms with Gasteiger partial charge in [-0.05, 0) is 30.7 Å². The number of aliphatic carboxylic acids is 1. The molecule has 49 heavy (non-hydrogen) atoms. The summed E-state index contributed by atoms with van der Waals surface area (Å²) in [5.41, 5.74) is 3.50. The van der Waals surface area contributed by atoms with E-state index in [1.807, 2.05) is 55.5 Å². The number of hydrogen-bond donors (Lipinski definition) is 6. The molecule has 0 aliphatic heterocycles. The third-order valence-corrected chi connectivity index (χ3v) is 13.8. The van der Waals surface area contributed by atoms with Gasteiger partial charge in [-0.25, -0.2) is 9.59 Å². The first-order valence-electron chi connectivity index (χ1n) is 16.2. The predicted octanol–water partition coefficient (Wildman–Crippen LogP) is 5.07. The van der Waals surface area contributed by atoms with Crippen LogP contribution in [0.4, 0.5) is 21.0 Å². The number of carboxylic acids is 1. The van der Waals surface area contributed by atoms with Crippen LogP contribution in [0, 0.1) is 6.92 Å². The van der Waals surface area contributed by atoms with Gasteiger partial charge in [0.2, 0.25) is 0 Å². The first kappa shape index (κ1) is 38.9. The topological polar surface area (TPSA) is 175 Å². The summed E-state index contributed by atoms with van der Waals surface area (Å²) in [6.45, 7) is 2.22. The van der Waals surface area contributed by atoms with E-state index in [9.17, 15) is 29.1 Å². The number of para-hydroxylation sites is 1. The van der Waals surface area contributed by atoms with E-state index in [4.69, 9.17) is 0 Å². The molecule has 0 unspecified atom stereocenters. The van der Waals surface area contributed by atoms with Crippen molar-refractivity contribution in [3.63, 3.8) is 0 Å². The third kappa shape index (κ3) is 13.4. The number of unbranched alkanes of at least 4 members (excludes halogenated alkanes) is 1. The van der Waals surface area contributed by atoms with Gasteiger partial charge in [0.15, 0.2) is 0 Å². The van der Waals surface area contributed by atoms with Gasteiger partial charge in [0.1, 0.15) is 0 Å². The summed E-state index contributed by atoms with van der Waals surface area (Å²) in [7, 11) is 1.27. The van der Waals surface area contributed by atoms with Gasteiger partial charge >= 0.3 is 183 Å². The zero-order valence-corrected chi connectivity index (χ0v) is 31.6. The molecule has 13 heteroatoms. The van der Waals surface area contributed by atoms with Crippen LogP contribution in [-0.4, -0.2) is 73.1 Å². The molecule has 3 rings (SSSR count). The average Bonchev–Trinajstić information content (AvgIpc) is 3.05. The quantitative estimate of drug-likeness (QED) is 0.0870. The molecule has 0 saturated heterocycles. The molecule has 2 atom stereocenters. The van der Waals surface area contributed by atoms with E-state index in [0.29, 0.717) is 41.9 Å². The number of hydrogen-bond acceptors (Lipinski definition) is 6. The Hall–Kier alpha value is -4.59. The van der Waals surface area contributed by atoms with E-state index < -0.39 is 60.4 Å². The number of carboxylic acid groups (broad SMARTS) is 1. The molecule has 6 N–H and O–H groups in total. The maximum absolute atomic E-state index is 13.6. The summed E-state index contributed by atoms with van der Waals surface area (Å²) in [5, 5.41) is 23.4. The monoisotopic (exact) mass is 781 g/mol. The summed E-state index contributed by atoms with van der Waals surface area (Å²) in [6.07, 6.45) is 0.368. The third-order valence-electron chi connectivity index (χ3n) is 7.87. The number of urea groups is 1. The van der Waals surface area contributed by atoms with Crippen molar-refractivity contribution in [1.29, 1.82) is 0 Å². The molecule has 0 bridgehead atoms. The first-order chi connectivity index (χ1) is 23.2. The normalized spacial score (nSPS) is 12.2. The van der Waals surface area contributed by atoms with Gasteiger partial charge in [-0.3, -0.25) is 0 Å². The molecule has 0 aliphatic carbocycles. The van der Waals surface area contributed by atoms with Gasteiger partial charge in [0, 0.05) is 11.4 Å². The van der Waals surface area contributed by atoms with Crippen LogP contribution in [0.2, 0.25) is 14.8 Å². The first-order valence-corrected chi connectivity index (χ1v) is 26.2. The summed E-state index contributed by atoms with van der Waals surface area (Å²) in [6, 6.07) is 19.8.